The number of aromatic nitrogens is 5. The molecule has 2 N–H and O–H groups in total. The van der Waals surface area contributed by atoms with E-state index in [1.54, 1.807) is 24.7 Å². The number of pyridine rings is 2. The van der Waals surface area contributed by atoms with Gasteiger partial charge < -0.3 is 15.0 Å². The number of hydrogen-bond donors (Lipinski definition) is 2. The summed E-state index contributed by atoms with van der Waals surface area (Å²) in [5.74, 6) is 0.373. The van der Waals surface area contributed by atoms with Crippen LogP contribution >= 0.6 is 0 Å². The Balaban J connectivity index is 0.00000195. The molecule has 0 radical (unpaired) electrons. The maximum Gasteiger partial charge on any atom is 0.274 e. The molecule has 0 fully saturated rings. The van der Waals surface area contributed by atoms with Crippen molar-refractivity contribution in [1.82, 2.24) is 34.9 Å². The normalized spacial score (nSPS) is 14.4. The minimum absolute atomic E-state index is 0.00398. The molecule has 3 aromatic rings. The molecule has 0 saturated heterocycles. The lowest BCUT2D eigenvalue weighted by Crippen LogP contribution is -2.31. The maximum absolute atomic E-state index is 12.8. The van der Waals surface area contributed by atoms with Crippen LogP contribution in [0.4, 0.5) is 0 Å². The van der Waals surface area contributed by atoms with Crippen molar-refractivity contribution in [2.24, 2.45) is 0 Å². The minimum Gasteiger partial charge on any atom is -0.394 e. The lowest BCUT2D eigenvalue weighted by molar-refractivity contribution is 0.0962. The third-order valence-electron chi connectivity index (χ3n) is 6.10. The fourth-order valence-electron chi connectivity index (χ4n) is 4.05. The second-order valence-electron chi connectivity index (χ2n) is 8.90. The zero-order valence-corrected chi connectivity index (χ0v) is 22.6. The second kappa shape index (κ2) is 14.1. The van der Waals surface area contributed by atoms with E-state index >= 15 is 0 Å². The van der Waals surface area contributed by atoms with Crippen LogP contribution in [0.2, 0.25) is 0 Å². The third-order valence-corrected chi connectivity index (χ3v) is 6.10. The highest BCUT2D eigenvalue weighted by Gasteiger charge is 2.19. The Morgan fingerprint density at radius 2 is 2.08 bits per heavy atom. The van der Waals surface area contributed by atoms with Gasteiger partial charge in [-0.05, 0) is 61.2 Å². The first-order valence-electron chi connectivity index (χ1n) is 12.9. The quantitative estimate of drug-likeness (QED) is 0.413. The molecule has 1 unspecified atom stereocenters. The first-order chi connectivity index (χ1) is 18.4. The van der Waals surface area contributed by atoms with Crippen LogP contribution in [0.1, 0.15) is 66.9 Å². The van der Waals surface area contributed by atoms with Crippen LogP contribution in [0.25, 0.3) is 5.57 Å². The summed E-state index contributed by atoms with van der Waals surface area (Å²) in [6, 6.07) is 7.68. The van der Waals surface area contributed by atoms with Crippen molar-refractivity contribution >= 4 is 11.5 Å². The SMILES string of the molecule is C=C(/C=C\C=C(/C)c1nncn1C(C)CO)NC(=O)c1cc2c(cn1)CCN(Cc1ccccn1)C2.CC. The molecule has 38 heavy (non-hydrogen) atoms. The van der Waals surface area contributed by atoms with Crippen molar-refractivity contribution < 1.29 is 9.90 Å². The Labute approximate surface area is 224 Å². The molecule has 4 rings (SSSR count). The predicted octanol–water partition coefficient (Wildman–Crippen LogP) is 4.11. The molecular formula is C29H37N7O2. The van der Waals surface area contributed by atoms with E-state index < -0.39 is 0 Å². The number of nitrogens with zero attached hydrogens (tertiary/aromatic N) is 6. The van der Waals surface area contributed by atoms with E-state index in [4.69, 9.17) is 0 Å². The molecule has 200 valence electrons. The summed E-state index contributed by atoms with van der Waals surface area (Å²) >= 11 is 0. The monoisotopic (exact) mass is 515 g/mol. The van der Waals surface area contributed by atoms with Crippen LogP contribution in [-0.2, 0) is 19.5 Å². The van der Waals surface area contributed by atoms with Crippen LogP contribution in [0.3, 0.4) is 0 Å². The van der Waals surface area contributed by atoms with Gasteiger partial charge in [-0.3, -0.25) is 19.7 Å². The van der Waals surface area contributed by atoms with Gasteiger partial charge in [0.25, 0.3) is 5.91 Å². The first kappa shape index (κ1) is 28.6. The number of rotatable bonds is 9. The highest BCUT2D eigenvalue weighted by molar-refractivity contribution is 5.93. The van der Waals surface area contributed by atoms with Gasteiger partial charge in [0.2, 0.25) is 0 Å². The van der Waals surface area contributed by atoms with Gasteiger partial charge in [-0.25, -0.2) is 0 Å². The molecule has 0 bridgehead atoms. The van der Waals surface area contributed by atoms with Crippen LogP contribution < -0.4 is 5.32 Å². The van der Waals surface area contributed by atoms with Crippen molar-refractivity contribution in [1.29, 1.82) is 0 Å². The third kappa shape index (κ3) is 7.53. The van der Waals surface area contributed by atoms with Gasteiger partial charge in [0.05, 0.1) is 18.3 Å². The molecule has 3 aromatic heterocycles. The number of carbonyl (C=O) groups is 1. The standard InChI is InChI=1S/C27H31N7O2.C2H6/c1-19(26-32-30-18-34(26)21(3)17-35)7-6-8-20(2)31-27(36)25-13-23-15-33(12-10-22(23)14-29-25)16-24-9-4-5-11-28-24;1-2/h4-9,11,13-14,18,21,35H,2,10,12,15-17H2,1,3H3,(H,31,36);1-2H3/b8-6-,19-7+;. The lowest BCUT2D eigenvalue weighted by Gasteiger charge is -2.28. The Morgan fingerprint density at radius 3 is 2.82 bits per heavy atom. The molecule has 4 heterocycles. The topological polar surface area (TPSA) is 109 Å². The number of nitrogens with one attached hydrogen (secondary N) is 1. The molecule has 1 atom stereocenters. The Morgan fingerprint density at radius 1 is 1.26 bits per heavy atom. The first-order valence-corrected chi connectivity index (χ1v) is 12.9. The van der Waals surface area contributed by atoms with Crippen molar-refractivity contribution in [3.63, 3.8) is 0 Å². The smallest absolute Gasteiger partial charge is 0.274 e. The minimum atomic E-state index is -0.300. The zero-order valence-electron chi connectivity index (χ0n) is 22.6. The molecular weight excluding hydrogens is 478 g/mol. The highest BCUT2D eigenvalue weighted by Crippen LogP contribution is 2.21. The summed E-state index contributed by atoms with van der Waals surface area (Å²) in [6.07, 6.45) is 11.5. The van der Waals surface area contributed by atoms with Crippen LogP contribution in [-0.4, -0.2) is 53.8 Å². The molecule has 9 nitrogen and oxygen atoms in total. The largest absolute Gasteiger partial charge is 0.394 e. The molecule has 1 amide bonds. The lowest BCUT2D eigenvalue weighted by atomic mass is 10.0. The second-order valence-corrected chi connectivity index (χ2v) is 8.90. The van der Waals surface area contributed by atoms with E-state index in [0.29, 0.717) is 17.2 Å². The summed E-state index contributed by atoms with van der Waals surface area (Å²) in [4.78, 5) is 23.9. The molecule has 9 heteroatoms. The van der Waals surface area contributed by atoms with E-state index in [1.807, 2.05) is 68.8 Å². The summed E-state index contributed by atoms with van der Waals surface area (Å²) in [6.45, 7) is 14.2. The van der Waals surface area contributed by atoms with Gasteiger partial charge in [-0.15, -0.1) is 10.2 Å². The van der Waals surface area contributed by atoms with E-state index in [2.05, 4.69) is 37.0 Å². The molecule has 0 aliphatic carbocycles. The van der Waals surface area contributed by atoms with Gasteiger partial charge in [0.15, 0.2) is 5.82 Å². The van der Waals surface area contributed by atoms with Gasteiger partial charge in [0.1, 0.15) is 12.0 Å². The van der Waals surface area contributed by atoms with Crippen molar-refractivity contribution in [3.05, 3.63) is 102 Å². The Hall–Kier alpha value is -3.95. The van der Waals surface area contributed by atoms with E-state index in [0.717, 1.165) is 42.9 Å². The van der Waals surface area contributed by atoms with Crippen LogP contribution in [0, 0.1) is 0 Å². The highest BCUT2D eigenvalue weighted by atomic mass is 16.3. The Bertz CT molecular complexity index is 1280. The number of aliphatic hydroxyl groups excluding tert-OH is 1. The van der Waals surface area contributed by atoms with Crippen molar-refractivity contribution in [3.8, 4) is 0 Å². The number of hydrogen-bond acceptors (Lipinski definition) is 7. The van der Waals surface area contributed by atoms with Crippen LogP contribution in [0.15, 0.2) is 73.5 Å². The molecule has 0 saturated carbocycles. The van der Waals surface area contributed by atoms with Crippen molar-refractivity contribution in [2.75, 3.05) is 13.2 Å². The van der Waals surface area contributed by atoms with Gasteiger partial charge >= 0.3 is 0 Å². The molecule has 1 aliphatic heterocycles. The summed E-state index contributed by atoms with van der Waals surface area (Å²) < 4.78 is 1.82. The average molecular weight is 516 g/mol. The van der Waals surface area contributed by atoms with E-state index in [9.17, 15) is 9.90 Å². The fraction of sp³-hybridized carbons (Fsp3) is 0.345. The summed E-state index contributed by atoms with van der Waals surface area (Å²) in [5, 5.41) is 20.3. The average Bonchev–Trinajstić information content (AvgIpc) is 3.44. The number of allylic oxidation sites excluding steroid dienone is 4. The number of fused-ring (bicyclic) bond motifs is 1. The summed E-state index contributed by atoms with van der Waals surface area (Å²) in [5.41, 5.74) is 4.99. The molecule has 0 aromatic carbocycles. The van der Waals surface area contributed by atoms with Crippen LogP contribution in [0.5, 0.6) is 0 Å². The predicted molar refractivity (Wildman–Crippen MR) is 149 cm³/mol. The number of carbonyl (C=O) groups excluding carboxylic acids is 1. The van der Waals surface area contributed by atoms with Gasteiger partial charge in [0, 0.05) is 37.7 Å². The van der Waals surface area contributed by atoms with E-state index in [1.165, 1.54) is 5.56 Å². The Kier molecular flexibility index (Phi) is 10.6. The summed E-state index contributed by atoms with van der Waals surface area (Å²) in [7, 11) is 0. The zero-order chi connectivity index (χ0) is 27.5. The van der Waals surface area contributed by atoms with Gasteiger partial charge in [-0.1, -0.05) is 38.6 Å². The fourth-order valence-corrected chi connectivity index (χ4v) is 4.05. The van der Waals surface area contributed by atoms with Crippen molar-refractivity contribution in [2.45, 2.75) is 53.2 Å². The van der Waals surface area contributed by atoms with E-state index in [-0.39, 0.29) is 18.6 Å². The molecule has 1 aliphatic rings. The number of aliphatic hydroxyl groups is 1. The van der Waals surface area contributed by atoms with Gasteiger partial charge in [-0.2, -0.15) is 0 Å². The molecule has 0 spiro atoms. The number of amides is 1. The maximum atomic E-state index is 12.8.